The SMILES string of the molecule is CCc1nc(N(C)CC(F)F)sc1CNCCOC. The molecule has 4 nitrogen and oxygen atoms in total. The molecule has 0 fully saturated rings. The van der Waals surface area contributed by atoms with Gasteiger partial charge in [-0.1, -0.05) is 6.92 Å². The number of nitrogens with one attached hydrogen (secondary N) is 1. The van der Waals surface area contributed by atoms with E-state index in [0.29, 0.717) is 18.3 Å². The Morgan fingerprint density at radius 1 is 1.47 bits per heavy atom. The Morgan fingerprint density at radius 2 is 2.21 bits per heavy atom. The Bertz CT molecular complexity index is 374. The lowest BCUT2D eigenvalue weighted by Gasteiger charge is -2.14. The molecule has 0 aliphatic rings. The zero-order valence-corrected chi connectivity index (χ0v) is 12.4. The average molecular weight is 293 g/mol. The van der Waals surface area contributed by atoms with Gasteiger partial charge in [0.2, 0.25) is 0 Å². The zero-order valence-electron chi connectivity index (χ0n) is 11.6. The van der Waals surface area contributed by atoms with Gasteiger partial charge in [0, 0.05) is 32.1 Å². The summed E-state index contributed by atoms with van der Waals surface area (Å²) in [7, 11) is 3.30. The van der Waals surface area contributed by atoms with Crippen molar-refractivity contribution in [3.8, 4) is 0 Å². The summed E-state index contributed by atoms with van der Waals surface area (Å²) in [5.74, 6) is 0. The van der Waals surface area contributed by atoms with E-state index in [1.165, 1.54) is 16.2 Å². The number of halogens is 2. The number of rotatable bonds is 9. The van der Waals surface area contributed by atoms with E-state index in [9.17, 15) is 8.78 Å². The van der Waals surface area contributed by atoms with Crippen molar-refractivity contribution in [2.24, 2.45) is 0 Å². The van der Waals surface area contributed by atoms with Crippen LogP contribution in [0.3, 0.4) is 0 Å². The second-order valence-electron chi connectivity index (χ2n) is 4.16. The molecule has 7 heteroatoms. The molecule has 0 spiro atoms. The monoisotopic (exact) mass is 293 g/mol. The molecule has 0 radical (unpaired) electrons. The predicted octanol–water partition coefficient (Wildman–Crippen LogP) is 2.14. The molecule has 0 bridgehead atoms. The van der Waals surface area contributed by atoms with Gasteiger partial charge < -0.3 is 15.0 Å². The van der Waals surface area contributed by atoms with Gasteiger partial charge in [0.05, 0.1) is 18.8 Å². The second kappa shape index (κ2) is 8.39. The van der Waals surface area contributed by atoms with Crippen LogP contribution in [0.5, 0.6) is 0 Å². The van der Waals surface area contributed by atoms with Gasteiger partial charge in [-0.3, -0.25) is 0 Å². The van der Waals surface area contributed by atoms with Gasteiger partial charge in [-0.25, -0.2) is 13.8 Å². The lowest BCUT2D eigenvalue weighted by Crippen LogP contribution is -2.23. The Balaban J connectivity index is 2.62. The standard InChI is InChI=1S/C12H21F2N3OS/c1-4-9-10(7-15-5-6-18-3)19-12(16-9)17(2)8-11(13)14/h11,15H,4-8H2,1-3H3. The normalized spacial score (nSPS) is 11.3. The molecule has 1 aromatic rings. The van der Waals surface area contributed by atoms with Crippen LogP contribution in [0, 0.1) is 0 Å². The molecule has 19 heavy (non-hydrogen) atoms. The summed E-state index contributed by atoms with van der Waals surface area (Å²) < 4.78 is 29.7. The number of aromatic nitrogens is 1. The molecular weight excluding hydrogens is 272 g/mol. The van der Waals surface area contributed by atoms with Crippen molar-refractivity contribution in [1.82, 2.24) is 10.3 Å². The van der Waals surface area contributed by atoms with Gasteiger partial charge in [0.25, 0.3) is 6.43 Å². The average Bonchev–Trinajstić information content (AvgIpc) is 2.77. The number of methoxy groups -OCH3 is 1. The summed E-state index contributed by atoms with van der Waals surface area (Å²) in [5.41, 5.74) is 0.978. The number of ether oxygens (including phenoxy) is 1. The first-order valence-corrected chi connectivity index (χ1v) is 7.07. The molecule has 1 rings (SSSR count). The lowest BCUT2D eigenvalue weighted by molar-refractivity contribution is 0.156. The molecule has 0 amide bonds. The minimum absolute atomic E-state index is 0.285. The third-order valence-corrected chi connectivity index (χ3v) is 3.82. The largest absolute Gasteiger partial charge is 0.383 e. The van der Waals surface area contributed by atoms with Crippen LogP contribution in [0.4, 0.5) is 13.9 Å². The van der Waals surface area contributed by atoms with Crippen molar-refractivity contribution >= 4 is 16.5 Å². The van der Waals surface area contributed by atoms with Gasteiger partial charge >= 0.3 is 0 Å². The first-order valence-electron chi connectivity index (χ1n) is 6.26. The number of anilines is 1. The fourth-order valence-corrected chi connectivity index (χ4v) is 2.70. The van der Waals surface area contributed by atoms with E-state index in [4.69, 9.17) is 4.74 Å². The molecule has 0 aromatic carbocycles. The molecule has 0 saturated heterocycles. The molecule has 110 valence electrons. The van der Waals surface area contributed by atoms with Crippen LogP contribution in [0.25, 0.3) is 0 Å². The van der Waals surface area contributed by atoms with E-state index in [1.54, 1.807) is 14.2 Å². The summed E-state index contributed by atoms with van der Waals surface area (Å²) in [6, 6.07) is 0. The molecule has 1 N–H and O–H groups in total. The van der Waals surface area contributed by atoms with Crippen molar-refractivity contribution < 1.29 is 13.5 Å². The van der Waals surface area contributed by atoms with Crippen LogP contribution < -0.4 is 10.2 Å². The van der Waals surface area contributed by atoms with Gasteiger partial charge in [-0.2, -0.15) is 0 Å². The van der Waals surface area contributed by atoms with Crippen LogP contribution in [0.15, 0.2) is 0 Å². The highest BCUT2D eigenvalue weighted by Gasteiger charge is 2.15. The fourth-order valence-electron chi connectivity index (χ4n) is 1.61. The van der Waals surface area contributed by atoms with E-state index in [0.717, 1.165) is 23.5 Å². The van der Waals surface area contributed by atoms with E-state index in [-0.39, 0.29) is 6.54 Å². The highest BCUT2D eigenvalue weighted by Crippen LogP contribution is 2.26. The van der Waals surface area contributed by atoms with E-state index < -0.39 is 6.43 Å². The van der Waals surface area contributed by atoms with Gasteiger partial charge in [0.15, 0.2) is 5.13 Å². The van der Waals surface area contributed by atoms with Crippen LogP contribution in [0.1, 0.15) is 17.5 Å². The third-order valence-electron chi connectivity index (χ3n) is 2.61. The summed E-state index contributed by atoms with van der Waals surface area (Å²) in [4.78, 5) is 7.03. The van der Waals surface area contributed by atoms with E-state index in [2.05, 4.69) is 10.3 Å². The number of nitrogens with zero attached hydrogens (tertiary/aromatic N) is 2. The van der Waals surface area contributed by atoms with Crippen molar-refractivity contribution in [2.75, 3.05) is 38.8 Å². The summed E-state index contributed by atoms with van der Waals surface area (Å²) in [6.07, 6.45) is -1.54. The summed E-state index contributed by atoms with van der Waals surface area (Å²) in [6.45, 7) is 3.85. The first-order chi connectivity index (χ1) is 9.08. The topological polar surface area (TPSA) is 37.4 Å². The number of thiazole rings is 1. The Labute approximate surface area is 116 Å². The Kier molecular flexibility index (Phi) is 7.19. The van der Waals surface area contributed by atoms with Gasteiger partial charge in [-0.15, -0.1) is 11.3 Å². The quantitative estimate of drug-likeness (QED) is 0.708. The van der Waals surface area contributed by atoms with E-state index in [1.807, 2.05) is 6.92 Å². The zero-order chi connectivity index (χ0) is 14.3. The first kappa shape index (κ1) is 16.3. The van der Waals surface area contributed by atoms with E-state index >= 15 is 0 Å². The van der Waals surface area contributed by atoms with Crippen LogP contribution in [0.2, 0.25) is 0 Å². The molecule has 0 saturated carbocycles. The van der Waals surface area contributed by atoms with Crippen molar-refractivity contribution in [1.29, 1.82) is 0 Å². The molecule has 0 aliphatic heterocycles. The van der Waals surface area contributed by atoms with Crippen LogP contribution >= 0.6 is 11.3 Å². The maximum atomic E-state index is 12.4. The van der Waals surface area contributed by atoms with Gasteiger partial charge in [0.1, 0.15) is 0 Å². The second-order valence-corrected chi connectivity index (χ2v) is 5.22. The van der Waals surface area contributed by atoms with Crippen molar-refractivity contribution in [3.63, 3.8) is 0 Å². The summed E-state index contributed by atoms with van der Waals surface area (Å²) >= 11 is 1.47. The smallest absolute Gasteiger partial charge is 0.255 e. The lowest BCUT2D eigenvalue weighted by atomic mass is 10.3. The van der Waals surface area contributed by atoms with Crippen molar-refractivity contribution in [3.05, 3.63) is 10.6 Å². The summed E-state index contributed by atoms with van der Waals surface area (Å²) in [5, 5.41) is 3.90. The number of hydrogen-bond donors (Lipinski definition) is 1. The fraction of sp³-hybridized carbons (Fsp3) is 0.750. The van der Waals surface area contributed by atoms with Crippen LogP contribution in [-0.2, 0) is 17.7 Å². The Morgan fingerprint density at radius 3 is 2.79 bits per heavy atom. The third kappa shape index (κ3) is 5.38. The molecule has 0 unspecified atom stereocenters. The number of hydrogen-bond acceptors (Lipinski definition) is 5. The highest BCUT2D eigenvalue weighted by atomic mass is 32.1. The predicted molar refractivity (Wildman–Crippen MR) is 74.3 cm³/mol. The highest BCUT2D eigenvalue weighted by molar-refractivity contribution is 7.15. The Hall–Kier alpha value is -0.790. The maximum absolute atomic E-state index is 12.4. The number of alkyl halides is 2. The van der Waals surface area contributed by atoms with Crippen molar-refractivity contribution in [2.45, 2.75) is 26.3 Å². The molecule has 1 aromatic heterocycles. The maximum Gasteiger partial charge on any atom is 0.255 e. The minimum Gasteiger partial charge on any atom is -0.383 e. The molecule has 1 heterocycles. The van der Waals surface area contributed by atoms with Crippen LogP contribution in [-0.4, -0.2) is 45.3 Å². The molecule has 0 aliphatic carbocycles. The molecular formula is C12H21F2N3OS. The minimum atomic E-state index is -2.35. The number of aryl methyl sites for hydroxylation is 1. The van der Waals surface area contributed by atoms with Gasteiger partial charge in [-0.05, 0) is 6.42 Å². The molecule has 0 atom stereocenters.